The molecular weight excluding hydrogens is 330 g/mol. The van der Waals surface area contributed by atoms with E-state index in [1.807, 2.05) is 66.8 Å². The number of nitrogens with one attached hydrogen (secondary N) is 2. The maximum Gasteiger partial charge on any atom is 0.321 e. The topological polar surface area (TPSA) is 84.0 Å². The van der Waals surface area contributed by atoms with Crippen molar-refractivity contribution in [1.29, 1.82) is 0 Å². The Balaban J connectivity index is 1.92. The molecule has 0 saturated carbocycles. The zero-order chi connectivity index (χ0) is 18.8. The van der Waals surface area contributed by atoms with E-state index in [4.69, 9.17) is 4.74 Å². The fraction of sp³-hybridized carbons (Fsp3) is 0.300. The summed E-state index contributed by atoms with van der Waals surface area (Å²) in [6.07, 6.45) is 0. The summed E-state index contributed by atoms with van der Waals surface area (Å²) in [7, 11) is 0. The second-order valence-electron chi connectivity index (χ2n) is 5.92. The van der Waals surface area contributed by atoms with Crippen LogP contribution >= 0.6 is 0 Å². The molecule has 0 fully saturated rings. The molecule has 0 aliphatic carbocycles. The van der Waals surface area contributed by atoms with Gasteiger partial charge in [-0.2, -0.15) is 0 Å². The normalized spacial score (nSPS) is 11.5. The molecule has 4 N–H and O–H groups in total. The summed E-state index contributed by atoms with van der Waals surface area (Å²) in [5.74, 6) is 0.449. The number of imide groups is 1. The first-order chi connectivity index (χ1) is 12.6. The zero-order valence-corrected chi connectivity index (χ0v) is 15.2. The lowest BCUT2D eigenvalue weighted by molar-refractivity contribution is -0.683. The van der Waals surface area contributed by atoms with Crippen molar-refractivity contribution < 1.29 is 19.6 Å². The molecule has 3 amide bonds. The lowest BCUT2D eigenvalue weighted by Crippen LogP contribution is -2.88. The molecule has 0 radical (unpaired) electrons. The Labute approximate surface area is 153 Å². The standard InChI is InChI=1S/C20H25N3O3/c1-3-21-20(25)23-19(24)18(16-7-5-4-6-8-16)22-13-14-26-17-11-9-15(2)10-12-17/h4-12,18,22H,3,13-14H2,1-2H3,(H2,21,23,24,25)/p+1/t18-/m0/s1. The first kappa shape index (κ1) is 19.5. The van der Waals surface area contributed by atoms with E-state index in [0.717, 1.165) is 11.3 Å². The lowest BCUT2D eigenvalue weighted by Gasteiger charge is -2.16. The summed E-state index contributed by atoms with van der Waals surface area (Å²) >= 11 is 0. The number of nitrogens with two attached hydrogens (primary N) is 1. The van der Waals surface area contributed by atoms with Crippen molar-refractivity contribution in [1.82, 2.24) is 10.6 Å². The molecule has 0 heterocycles. The minimum Gasteiger partial charge on any atom is -0.488 e. The van der Waals surface area contributed by atoms with Crippen LogP contribution < -0.4 is 20.7 Å². The van der Waals surface area contributed by atoms with Crippen molar-refractivity contribution in [2.24, 2.45) is 0 Å². The fourth-order valence-electron chi connectivity index (χ4n) is 2.50. The Morgan fingerprint density at radius 2 is 1.77 bits per heavy atom. The summed E-state index contributed by atoms with van der Waals surface area (Å²) in [6.45, 7) is 5.32. The second kappa shape index (κ2) is 10.2. The number of rotatable bonds is 8. The van der Waals surface area contributed by atoms with Gasteiger partial charge in [-0.05, 0) is 26.0 Å². The molecule has 0 bridgehead atoms. The average Bonchev–Trinajstić information content (AvgIpc) is 2.64. The molecular formula is C20H26N3O3+. The Kier molecular flexibility index (Phi) is 7.64. The third-order valence-electron chi connectivity index (χ3n) is 3.83. The number of quaternary nitrogens is 1. The van der Waals surface area contributed by atoms with Gasteiger partial charge in [0.2, 0.25) is 0 Å². The van der Waals surface area contributed by atoms with Crippen LogP contribution in [0.25, 0.3) is 0 Å². The second-order valence-corrected chi connectivity index (χ2v) is 5.92. The molecule has 6 nitrogen and oxygen atoms in total. The number of benzene rings is 2. The number of amides is 3. The molecule has 0 spiro atoms. The summed E-state index contributed by atoms with van der Waals surface area (Å²) in [6, 6.07) is 16.2. The minimum absolute atomic E-state index is 0.350. The predicted octanol–water partition coefficient (Wildman–Crippen LogP) is 1.52. The van der Waals surface area contributed by atoms with Crippen molar-refractivity contribution in [3.05, 3.63) is 65.7 Å². The Hall–Kier alpha value is -2.86. The largest absolute Gasteiger partial charge is 0.488 e. The molecule has 26 heavy (non-hydrogen) atoms. The zero-order valence-electron chi connectivity index (χ0n) is 15.2. The highest BCUT2D eigenvalue weighted by Gasteiger charge is 2.25. The van der Waals surface area contributed by atoms with Crippen molar-refractivity contribution in [2.75, 3.05) is 19.7 Å². The van der Waals surface area contributed by atoms with Crippen LogP contribution in [0.5, 0.6) is 5.75 Å². The Morgan fingerprint density at radius 1 is 1.08 bits per heavy atom. The summed E-state index contributed by atoms with van der Waals surface area (Å²) in [4.78, 5) is 24.1. The van der Waals surface area contributed by atoms with Crippen LogP contribution in [-0.2, 0) is 4.79 Å². The van der Waals surface area contributed by atoms with Gasteiger partial charge in [0.05, 0.1) is 0 Å². The maximum atomic E-state index is 12.5. The van der Waals surface area contributed by atoms with E-state index in [9.17, 15) is 9.59 Å². The molecule has 0 aromatic heterocycles. The van der Waals surface area contributed by atoms with Crippen LogP contribution in [0.15, 0.2) is 54.6 Å². The van der Waals surface area contributed by atoms with Gasteiger partial charge in [0.15, 0.2) is 6.04 Å². The molecule has 2 aromatic carbocycles. The molecule has 0 saturated heterocycles. The first-order valence-corrected chi connectivity index (χ1v) is 8.76. The molecule has 2 rings (SSSR count). The van der Waals surface area contributed by atoms with E-state index in [2.05, 4.69) is 10.6 Å². The molecule has 6 heteroatoms. The van der Waals surface area contributed by atoms with Crippen LogP contribution in [0.4, 0.5) is 4.79 Å². The molecule has 138 valence electrons. The number of hydrogen-bond donors (Lipinski definition) is 3. The van der Waals surface area contributed by atoms with Gasteiger partial charge in [0.1, 0.15) is 18.9 Å². The molecule has 2 aromatic rings. The Bertz CT molecular complexity index is 702. The van der Waals surface area contributed by atoms with Gasteiger partial charge in [0, 0.05) is 12.1 Å². The van der Waals surface area contributed by atoms with Gasteiger partial charge < -0.3 is 15.4 Å². The van der Waals surface area contributed by atoms with Crippen molar-refractivity contribution >= 4 is 11.9 Å². The highest BCUT2D eigenvalue weighted by molar-refractivity contribution is 5.96. The number of hydrogen-bond acceptors (Lipinski definition) is 3. The van der Waals surface area contributed by atoms with E-state index in [0.29, 0.717) is 19.7 Å². The quantitative estimate of drug-likeness (QED) is 0.627. The maximum absolute atomic E-state index is 12.5. The summed E-state index contributed by atoms with van der Waals surface area (Å²) in [5.41, 5.74) is 2.01. The van der Waals surface area contributed by atoms with Gasteiger partial charge >= 0.3 is 6.03 Å². The van der Waals surface area contributed by atoms with Gasteiger partial charge in [-0.15, -0.1) is 0 Å². The Morgan fingerprint density at radius 3 is 2.42 bits per heavy atom. The minimum atomic E-state index is -0.513. The van der Waals surface area contributed by atoms with Gasteiger partial charge in [0.25, 0.3) is 5.91 Å². The van der Waals surface area contributed by atoms with Crippen LogP contribution in [0.3, 0.4) is 0 Å². The molecule has 1 atom stereocenters. The summed E-state index contributed by atoms with van der Waals surface area (Å²) in [5, 5.41) is 6.82. The van der Waals surface area contributed by atoms with Crippen molar-refractivity contribution in [3.8, 4) is 5.75 Å². The molecule has 0 unspecified atom stereocenters. The number of aryl methyl sites for hydroxylation is 1. The first-order valence-electron chi connectivity index (χ1n) is 8.76. The number of carbonyl (C=O) groups is 2. The molecule has 0 aliphatic heterocycles. The van der Waals surface area contributed by atoms with Crippen molar-refractivity contribution in [3.63, 3.8) is 0 Å². The third-order valence-corrected chi connectivity index (χ3v) is 3.83. The average molecular weight is 356 g/mol. The summed E-state index contributed by atoms with van der Waals surface area (Å²) < 4.78 is 5.70. The van der Waals surface area contributed by atoms with Crippen LogP contribution in [0.1, 0.15) is 24.1 Å². The smallest absolute Gasteiger partial charge is 0.321 e. The number of carbonyl (C=O) groups excluding carboxylic acids is 2. The van der Waals surface area contributed by atoms with Crippen LogP contribution in [0, 0.1) is 6.92 Å². The lowest BCUT2D eigenvalue weighted by atomic mass is 10.1. The molecule has 0 aliphatic rings. The van der Waals surface area contributed by atoms with E-state index >= 15 is 0 Å². The SMILES string of the molecule is CCNC(=O)NC(=O)[C@@H]([NH2+]CCOc1ccc(C)cc1)c1ccccc1. The predicted molar refractivity (Wildman–Crippen MR) is 99.9 cm³/mol. The fourth-order valence-corrected chi connectivity index (χ4v) is 2.50. The highest BCUT2D eigenvalue weighted by Crippen LogP contribution is 2.11. The van der Waals surface area contributed by atoms with E-state index in [1.165, 1.54) is 5.56 Å². The van der Waals surface area contributed by atoms with Gasteiger partial charge in [-0.3, -0.25) is 10.1 Å². The van der Waals surface area contributed by atoms with E-state index in [-0.39, 0.29) is 5.91 Å². The number of ether oxygens (including phenoxy) is 1. The number of urea groups is 1. The van der Waals surface area contributed by atoms with Gasteiger partial charge in [-0.1, -0.05) is 48.0 Å². The van der Waals surface area contributed by atoms with Crippen molar-refractivity contribution in [2.45, 2.75) is 19.9 Å². The monoisotopic (exact) mass is 356 g/mol. The highest BCUT2D eigenvalue weighted by atomic mass is 16.5. The van der Waals surface area contributed by atoms with E-state index < -0.39 is 12.1 Å². The van der Waals surface area contributed by atoms with Gasteiger partial charge in [-0.25, -0.2) is 4.79 Å². The van der Waals surface area contributed by atoms with Crippen LogP contribution in [-0.4, -0.2) is 31.6 Å². The third kappa shape index (κ3) is 6.22. The van der Waals surface area contributed by atoms with Crippen LogP contribution in [0.2, 0.25) is 0 Å². The van der Waals surface area contributed by atoms with E-state index in [1.54, 1.807) is 6.92 Å².